The number of hydrogen-bond acceptors (Lipinski definition) is 0. The van der Waals surface area contributed by atoms with E-state index in [4.69, 9.17) is 0 Å². The van der Waals surface area contributed by atoms with Crippen LogP contribution in [0.25, 0.3) is 0 Å². The second-order valence-electron chi connectivity index (χ2n) is 9.68. The highest BCUT2D eigenvalue weighted by Crippen LogP contribution is 2.15. The lowest BCUT2D eigenvalue weighted by Crippen LogP contribution is -1.84. The van der Waals surface area contributed by atoms with Crippen molar-refractivity contribution in [2.75, 3.05) is 0 Å². The maximum Gasteiger partial charge on any atom is -0.0351 e. The van der Waals surface area contributed by atoms with Gasteiger partial charge in [-0.15, -0.1) is 0 Å². The van der Waals surface area contributed by atoms with Gasteiger partial charge in [-0.25, -0.2) is 0 Å². The monoisotopic (exact) mass is 419 g/mol. The highest BCUT2D eigenvalue weighted by atomic mass is 14.0. The van der Waals surface area contributed by atoms with Crippen molar-refractivity contribution in [2.24, 2.45) is 0 Å². The van der Waals surface area contributed by atoms with Gasteiger partial charge in [-0.1, -0.05) is 167 Å². The van der Waals surface area contributed by atoms with Gasteiger partial charge in [-0.05, 0) is 25.7 Å². The summed E-state index contributed by atoms with van der Waals surface area (Å²) in [6.45, 7) is 6.21. The van der Waals surface area contributed by atoms with Crippen LogP contribution >= 0.6 is 0 Å². The SMILES string of the molecule is [CH2]CCCCCCC/C=C/CCCCCCCCCCCCCCCCCCCC. The first-order chi connectivity index (χ1) is 14.9. The minimum Gasteiger partial charge on any atom is -0.0885 e. The van der Waals surface area contributed by atoms with E-state index < -0.39 is 0 Å². The molecule has 0 aromatic rings. The van der Waals surface area contributed by atoms with E-state index in [2.05, 4.69) is 26.0 Å². The summed E-state index contributed by atoms with van der Waals surface area (Å²) in [7, 11) is 0. The van der Waals surface area contributed by atoms with Crippen molar-refractivity contribution in [1.82, 2.24) is 0 Å². The molecule has 1 radical (unpaired) electrons. The second kappa shape index (κ2) is 28.7. The third kappa shape index (κ3) is 27.7. The van der Waals surface area contributed by atoms with Crippen LogP contribution in [0.15, 0.2) is 12.2 Å². The van der Waals surface area contributed by atoms with Crippen LogP contribution in [0.3, 0.4) is 0 Å². The Morgan fingerprint density at radius 3 is 0.933 bits per heavy atom. The normalized spacial score (nSPS) is 11.7. The quantitative estimate of drug-likeness (QED) is 0.0965. The van der Waals surface area contributed by atoms with Gasteiger partial charge in [0, 0.05) is 0 Å². The molecule has 0 saturated carbocycles. The molecule has 0 atom stereocenters. The molecule has 0 bridgehead atoms. The van der Waals surface area contributed by atoms with E-state index in [1.165, 1.54) is 161 Å². The molecule has 0 aliphatic heterocycles. The zero-order valence-corrected chi connectivity index (χ0v) is 21.2. The first-order valence-corrected chi connectivity index (χ1v) is 14.4. The van der Waals surface area contributed by atoms with E-state index in [1.54, 1.807) is 0 Å². The van der Waals surface area contributed by atoms with Crippen molar-refractivity contribution >= 4 is 0 Å². The molecule has 0 aromatic heterocycles. The minimum absolute atomic E-state index is 1.11. The van der Waals surface area contributed by atoms with Crippen molar-refractivity contribution in [3.05, 3.63) is 19.1 Å². The van der Waals surface area contributed by atoms with Gasteiger partial charge < -0.3 is 0 Å². The van der Waals surface area contributed by atoms with E-state index >= 15 is 0 Å². The van der Waals surface area contributed by atoms with Crippen LogP contribution in [0, 0.1) is 6.92 Å². The summed E-state index contributed by atoms with van der Waals surface area (Å²) in [5.41, 5.74) is 0. The lowest BCUT2D eigenvalue weighted by molar-refractivity contribution is 0.525. The van der Waals surface area contributed by atoms with E-state index in [1.807, 2.05) is 0 Å². The van der Waals surface area contributed by atoms with Gasteiger partial charge >= 0.3 is 0 Å². The summed E-state index contributed by atoms with van der Waals surface area (Å²) in [4.78, 5) is 0. The van der Waals surface area contributed by atoms with Gasteiger partial charge in [0.1, 0.15) is 0 Å². The maximum absolute atomic E-state index is 3.91. The highest BCUT2D eigenvalue weighted by molar-refractivity contribution is 4.81. The molecule has 0 N–H and O–H groups in total. The van der Waals surface area contributed by atoms with Gasteiger partial charge in [-0.2, -0.15) is 0 Å². The first-order valence-electron chi connectivity index (χ1n) is 14.4. The van der Waals surface area contributed by atoms with Crippen LogP contribution < -0.4 is 0 Å². The Labute approximate surface area is 193 Å². The summed E-state index contributed by atoms with van der Waals surface area (Å²) in [5.74, 6) is 0. The molecule has 0 heteroatoms. The fourth-order valence-corrected chi connectivity index (χ4v) is 4.37. The molecule has 179 valence electrons. The van der Waals surface area contributed by atoms with Crippen molar-refractivity contribution in [3.63, 3.8) is 0 Å². The molecule has 0 heterocycles. The maximum atomic E-state index is 3.91. The topological polar surface area (TPSA) is 0 Å². The number of allylic oxidation sites excluding steroid dienone is 2. The van der Waals surface area contributed by atoms with Crippen LogP contribution in [0.2, 0.25) is 0 Å². The Kier molecular flexibility index (Phi) is 28.5. The van der Waals surface area contributed by atoms with Crippen molar-refractivity contribution in [1.29, 1.82) is 0 Å². The lowest BCUT2D eigenvalue weighted by atomic mass is 10.0. The predicted molar refractivity (Wildman–Crippen MR) is 140 cm³/mol. The molecule has 0 unspecified atom stereocenters. The Morgan fingerprint density at radius 1 is 0.367 bits per heavy atom. The standard InChI is InChI=1S/C30H59/c1-3-5-7-9-11-13-15-17-19-21-23-25-27-29-30-28-26-24-22-20-18-16-14-12-10-8-6-4-2/h17,19H,1,3-16,18,20-30H2,2H3/b19-17+. The van der Waals surface area contributed by atoms with Crippen LogP contribution in [0.4, 0.5) is 0 Å². The Hall–Kier alpha value is -0.260. The van der Waals surface area contributed by atoms with Crippen LogP contribution in [0.1, 0.15) is 174 Å². The van der Waals surface area contributed by atoms with E-state index in [0.717, 1.165) is 6.42 Å². The number of rotatable bonds is 26. The molecule has 0 amide bonds. The van der Waals surface area contributed by atoms with Crippen LogP contribution in [-0.2, 0) is 0 Å². The zero-order valence-electron chi connectivity index (χ0n) is 21.2. The zero-order chi connectivity index (χ0) is 21.8. The summed E-state index contributed by atoms with van der Waals surface area (Å²) >= 11 is 0. The third-order valence-electron chi connectivity index (χ3n) is 6.51. The van der Waals surface area contributed by atoms with Gasteiger partial charge in [0.25, 0.3) is 0 Å². The smallest absolute Gasteiger partial charge is 0.0351 e. The molecule has 0 aliphatic rings. The molecule has 0 rings (SSSR count). The summed E-state index contributed by atoms with van der Waals surface area (Å²) in [6, 6.07) is 0. The number of unbranched alkanes of at least 4 members (excludes halogenated alkanes) is 24. The Balaban J connectivity index is 3.04. The number of hydrogen-bond donors (Lipinski definition) is 0. The van der Waals surface area contributed by atoms with Crippen molar-refractivity contribution in [3.8, 4) is 0 Å². The predicted octanol–water partition coefficient (Wildman–Crippen LogP) is 11.5. The fraction of sp³-hybridized carbons (Fsp3) is 0.900. The highest BCUT2D eigenvalue weighted by Gasteiger charge is 1.95. The third-order valence-corrected chi connectivity index (χ3v) is 6.51. The molecule has 0 aliphatic carbocycles. The molecule has 0 aromatic carbocycles. The Bertz CT molecular complexity index is 303. The van der Waals surface area contributed by atoms with E-state index in [0.29, 0.717) is 0 Å². The van der Waals surface area contributed by atoms with E-state index in [9.17, 15) is 0 Å². The molecule has 0 saturated heterocycles. The van der Waals surface area contributed by atoms with Gasteiger partial charge in [0.2, 0.25) is 0 Å². The van der Waals surface area contributed by atoms with Crippen LogP contribution in [-0.4, -0.2) is 0 Å². The molecular weight excluding hydrogens is 360 g/mol. The van der Waals surface area contributed by atoms with Crippen molar-refractivity contribution < 1.29 is 0 Å². The molecule has 0 fully saturated rings. The molecule has 0 nitrogen and oxygen atoms in total. The van der Waals surface area contributed by atoms with Gasteiger partial charge in [0.15, 0.2) is 0 Å². The minimum atomic E-state index is 1.11. The molecule has 0 spiro atoms. The van der Waals surface area contributed by atoms with Gasteiger partial charge in [-0.3, -0.25) is 0 Å². The van der Waals surface area contributed by atoms with E-state index in [-0.39, 0.29) is 0 Å². The van der Waals surface area contributed by atoms with Crippen LogP contribution in [0.5, 0.6) is 0 Å². The first kappa shape index (κ1) is 29.7. The molecular formula is C30H59. The largest absolute Gasteiger partial charge is 0.0885 e. The average molecular weight is 420 g/mol. The second-order valence-corrected chi connectivity index (χ2v) is 9.68. The summed E-state index contributed by atoms with van der Waals surface area (Å²) in [5, 5.41) is 0. The Morgan fingerprint density at radius 2 is 0.633 bits per heavy atom. The van der Waals surface area contributed by atoms with Gasteiger partial charge in [0.05, 0.1) is 0 Å². The summed E-state index contributed by atoms with van der Waals surface area (Å²) < 4.78 is 0. The lowest BCUT2D eigenvalue weighted by Gasteiger charge is -2.03. The fourth-order valence-electron chi connectivity index (χ4n) is 4.37. The molecule has 30 heavy (non-hydrogen) atoms. The average Bonchev–Trinajstić information content (AvgIpc) is 2.76. The summed E-state index contributed by atoms with van der Waals surface area (Å²) in [6.07, 6.45) is 41.8. The van der Waals surface area contributed by atoms with Crippen molar-refractivity contribution in [2.45, 2.75) is 174 Å².